The van der Waals surface area contributed by atoms with Gasteiger partial charge in [0.15, 0.2) is 0 Å². The fourth-order valence-corrected chi connectivity index (χ4v) is 7.53. The summed E-state index contributed by atoms with van der Waals surface area (Å²) in [5.41, 5.74) is 1.67. The van der Waals surface area contributed by atoms with Gasteiger partial charge in [-0.05, 0) is 63.6 Å². The first-order valence-electron chi connectivity index (χ1n) is 12.2. The number of esters is 1. The number of likely N-dealkylation sites (N-methyl/N-ethyl adjacent to an activating group) is 1. The first-order chi connectivity index (χ1) is 17.1. The van der Waals surface area contributed by atoms with Crippen LogP contribution >= 0.6 is 11.3 Å². The van der Waals surface area contributed by atoms with Crippen molar-refractivity contribution in [3.63, 3.8) is 0 Å². The molecule has 2 aromatic rings. The fraction of sp³-hybridized carbons (Fsp3) is 0.520. The van der Waals surface area contributed by atoms with Crippen LogP contribution < -0.4 is 5.32 Å². The lowest BCUT2D eigenvalue weighted by Gasteiger charge is -2.34. The van der Waals surface area contributed by atoms with Crippen molar-refractivity contribution < 1.29 is 27.5 Å². The third kappa shape index (κ3) is 5.50. The minimum absolute atomic E-state index is 0.124. The summed E-state index contributed by atoms with van der Waals surface area (Å²) >= 11 is 1.40. The van der Waals surface area contributed by atoms with Crippen LogP contribution in [0.3, 0.4) is 0 Å². The van der Waals surface area contributed by atoms with Gasteiger partial charge in [0.2, 0.25) is 10.0 Å². The molecule has 196 valence electrons. The van der Waals surface area contributed by atoms with Crippen molar-refractivity contribution in [2.24, 2.45) is 0 Å². The summed E-state index contributed by atoms with van der Waals surface area (Å²) in [6, 6.07) is 5.87. The van der Waals surface area contributed by atoms with Crippen LogP contribution in [0.15, 0.2) is 29.2 Å². The van der Waals surface area contributed by atoms with E-state index < -0.39 is 21.9 Å². The van der Waals surface area contributed by atoms with Gasteiger partial charge in [0, 0.05) is 36.6 Å². The highest BCUT2D eigenvalue weighted by atomic mass is 32.2. The topological polar surface area (TPSA) is 105 Å². The van der Waals surface area contributed by atoms with Crippen molar-refractivity contribution in [3.05, 3.63) is 45.8 Å². The molecule has 2 unspecified atom stereocenters. The number of nitrogens with zero attached hydrogens (tertiary/aromatic N) is 2. The molecule has 0 aliphatic carbocycles. The Balaban J connectivity index is 1.55. The number of hydrogen-bond donors (Lipinski definition) is 1. The number of amides is 1. The number of benzene rings is 1. The van der Waals surface area contributed by atoms with E-state index in [1.165, 1.54) is 39.9 Å². The molecule has 9 nitrogen and oxygen atoms in total. The summed E-state index contributed by atoms with van der Waals surface area (Å²) < 4.78 is 38.6. The number of anilines is 1. The smallest absolute Gasteiger partial charge is 0.341 e. The monoisotopic (exact) mass is 535 g/mol. The van der Waals surface area contributed by atoms with Gasteiger partial charge in [0.1, 0.15) is 5.00 Å². The fourth-order valence-electron chi connectivity index (χ4n) is 4.66. The second-order valence-electron chi connectivity index (χ2n) is 9.10. The van der Waals surface area contributed by atoms with E-state index in [1.54, 1.807) is 6.92 Å². The number of sulfonamides is 1. The van der Waals surface area contributed by atoms with Crippen molar-refractivity contribution in [1.29, 1.82) is 0 Å². The Kier molecular flexibility index (Phi) is 8.15. The summed E-state index contributed by atoms with van der Waals surface area (Å²) in [7, 11) is -3.71. The molecule has 0 radical (unpaired) electrons. The molecule has 1 saturated heterocycles. The Labute approximate surface area is 216 Å². The lowest BCUT2D eigenvalue weighted by Crippen LogP contribution is -2.48. The summed E-state index contributed by atoms with van der Waals surface area (Å²) in [6.45, 7) is 10.8. The van der Waals surface area contributed by atoms with Gasteiger partial charge in [-0.1, -0.05) is 6.92 Å². The van der Waals surface area contributed by atoms with Gasteiger partial charge in [-0.15, -0.1) is 11.3 Å². The van der Waals surface area contributed by atoms with Crippen LogP contribution in [0.4, 0.5) is 5.00 Å². The van der Waals surface area contributed by atoms with Gasteiger partial charge >= 0.3 is 5.97 Å². The van der Waals surface area contributed by atoms with Gasteiger partial charge < -0.3 is 14.8 Å². The molecule has 1 N–H and O–H groups in total. The number of fused-ring (bicyclic) bond motifs is 1. The summed E-state index contributed by atoms with van der Waals surface area (Å²) in [6.07, 6.45) is 0.334. The number of rotatable bonds is 7. The van der Waals surface area contributed by atoms with Crippen LogP contribution in [0.1, 0.15) is 58.9 Å². The maximum atomic E-state index is 13.1. The Hall–Kier alpha value is -2.31. The zero-order chi connectivity index (χ0) is 26.0. The Morgan fingerprint density at radius 3 is 2.42 bits per heavy atom. The van der Waals surface area contributed by atoms with Crippen molar-refractivity contribution in [2.45, 2.75) is 57.8 Å². The molecule has 0 saturated carbocycles. The van der Waals surface area contributed by atoms with Crippen LogP contribution in [0.5, 0.6) is 0 Å². The average Bonchev–Trinajstić information content (AvgIpc) is 3.20. The SMILES string of the molecule is CCOC(=O)c1c(NC(=O)c2ccc(S(=O)(=O)N3CC(C)OC(C)C3)cc2)sc2c1CCN(CC)C2. The average molecular weight is 536 g/mol. The minimum atomic E-state index is -3.71. The molecule has 2 atom stereocenters. The van der Waals surface area contributed by atoms with Crippen LogP contribution in [-0.2, 0) is 32.5 Å². The van der Waals surface area contributed by atoms with Crippen LogP contribution in [0.25, 0.3) is 0 Å². The first-order valence-corrected chi connectivity index (χ1v) is 14.5. The van der Waals surface area contributed by atoms with E-state index in [9.17, 15) is 18.0 Å². The standard InChI is InChI=1S/C25H33N3O6S2/c1-5-27-12-11-20-21(15-27)35-24(22(20)25(30)33-6-2)26-23(29)18-7-9-19(10-8-18)36(31,32)28-13-16(3)34-17(4)14-28/h7-10,16-17H,5-6,11-15H2,1-4H3,(H,26,29). The van der Waals surface area contributed by atoms with Crippen molar-refractivity contribution >= 4 is 38.2 Å². The van der Waals surface area contributed by atoms with Gasteiger partial charge in [-0.2, -0.15) is 4.31 Å². The number of carbonyl (C=O) groups excluding carboxylic acids is 2. The highest BCUT2D eigenvalue weighted by Crippen LogP contribution is 2.38. The van der Waals surface area contributed by atoms with Gasteiger partial charge in [-0.3, -0.25) is 9.69 Å². The molecule has 3 heterocycles. The summed E-state index contributed by atoms with van der Waals surface area (Å²) in [5, 5.41) is 3.34. The molecule has 1 fully saturated rings. The molecular formula is C25H33N3O6S2. The Bertz CT molecular complexity index is 1220. The summed E-state index contributed by atoms with van der Waals surface area (Å²) in [4.78, 5) is 29.3. The zero-order valence-electron chi connectivity index (χ0n) is 21.1. The number of morpholine rings is 1. The first kappa shape index (κ1) is 26.7. The second kappa shape index (κ2) is 11.0. The highest BCUT2D eigenvalue weighted by Gasteiger charge is 2.33. The molecule has 36 heavy (non-hydrogen) atoms. The molecule has 2 aliphatic heterocycles. The number of ether oxygens (including phenoxy) is 2. The predicted molar refractivity (Wildman–Crippen MR) is 138 cm³/mol. The number of thiophene rings is 1. The minimum Gasteiger partial charge on any atom is -0.462 e. The number of nitrogens with one attached hydrogen (secondary N) is 1. The molecule has 1 aromatic heterocycles. The van der Waals surface area contributed by atoms with Crippen LogP contribution in [0.2, 0.25) is 0 Å². The van der Waals surface area contributed by atoms with E-state index >= 15 is 0 Å². The lowest BCUT2D eigenvalue weighted by molar-refractivity contribution is -0.0440. The molecule has 2 aliphatic rings. The van der Waals surface area contributed by atoms with Gasteiger partial charge in [-0.25, -0.2) is 13.2 Å². The number of hydrogen-bond acceptors (Lipinski definition) is 8. The largest absolute Gasteiger partial charge is 0.462 e. The second-order valence-corrected chi connectivity index (χ2v) is 12.1. The molecule has 0 spiro atoms. The summed E-state index contributed by atoms with van der Waals surface area (Å²) in [5.74, 6) is -0.852. The molecule has 1 amide bonds. The van der Waals surface area contributed by atoms with Crippen LogP contribution in [-0.4, -0.2) is 74.5 Å². The molecule has 0 bridgehead atoms. The quantitative estimate of drug-likeness (QED) is 0.542. The Morgan fingerprint density at radius 2 is 1.81 bits per heavy atom. The lowest BCUT2D eigenvalue weighted by atomic mass is 10.0. The maximum absolute atomic E-state index is 13.1. The van der Waals surface area contributed by atoms with Gasteiger partial charge in [0.25, 0.3) is 5.91 Å². The van der Waals surface area contributed by atoms with E-state index in [2.05, 4.69) is 17.1 Å². The maximum Gasteiger partial charge on any atom is 0.341 e. The van der Waals surface area contributed by atoms with E-state index in [4.69, 9.17) is 9.47 Å². The molecule has 1 aromatic carbocycles. The highest BCUT2D eigenvalue weighted by molar-refractivity contribution is 7.89. The predicted octanol–water partition coefficient (Wildman–Crippen LogP) is 3.35. The molecular weight excluding hydrogens is 502 g/mol. The van der Waals surface area contributed by atoms with Crippen LogP contribution in [0, 0.1) is 0 Å². The van der Waals surface area contributed by atoms with E-state index in [0.29, 0.717) is 16.1 Å². The van der Waals surface area contributed by atoms with Crippen molar-refractivity contribution in [3.8, 4) is 0 Å². The normalized spacial score (nSPS) is 21.1. The number of carbonyl (C=O) groups is 2. The van der Waals surface area contributed by atoms with Gasteiger partial charge in [0.05, 0.1) is 29.3 Å². The van der Waals surface area contributed by atoms with Crippen molar-refractivity contribution in [1.82, 2.24) is 9.21 Å². The third-order valence-electron chi connectivity index (χ3n) is 6.43. The third-order valence-corrected chi connectivity index (χ3v) is 9.41. The molecule has 11 heteroatoms. The molecule has 4 rings (SSSR count). The van der Waals surface area contributed by atoms with E-state index in [0.717, 1.165) is 36.5 Å². The van der Waals surface area contributed by atoms with E-state index in [-0.39, 0.29) is 36.8 Å². The zero-order valence-corrected chi connectivity index (χ0v) is 22.7. The van der Waals surface area contributed by atoms with Crippen molar-refractivity contribution in [2.75, 3.05) is 38.1 Å². The Morgan fingerprint density at radius 1 is 1.14 bits per heavy atom. The van der Waals surface area contributed by atoms with E-state index in [1.807, 2.05) is 13.8 Å².